The number of carbonyl (C=O) groups is 2. The van der Waals surface area contributed by atoms with Crippen LogP contribution in [0.5, 0.6) is 0 Å². The van der Waals surface area contributed by atoms with Crippen molar-refractivity contribution in [3.63, 3.8) is 0 Å². The van der Waals surface area contributed by atoms with Crippen LogP contribution in [0, 0.1) is 13.8 Å². The van der Waals surface area contributed by atoms with E-state index in [-0.39, 0.29) is 18.0 Å². The maximum Gasteiger partial charge on any atom is 0.324 e. The SMILES string of the molecule is Cc1nn(C)c(C)c1[C@@H]1CCCN1CC(=O)N1CCNC1=O. The van der Waals surface area contributed by atoms with Gasteiger partial charge in [-0.2, -0.15) is 5.10 Å². The lowest BCUT2D eigenvalue weighted by Crippen LogP contribution is -2.41. The van der Waals surface area contributed by atoms with Gasteiger partial charge in [0.05, 0.1) is 12.2 Å². The molecule has 2 saturated heterocycles. The van der Waals surface area contributed by atoms with Crippen molar-refractivity contribution in [2.45, 2.75) is 32.7 Å². The van der Waals surface area contributed by atoms with Crippen LogP contribution in [0.15, 0.2) is 0 Å². The molecule has 0 spiro atoms. The standard InChI is InChI=1S/C15H23N5O2/c1-10-14(11(2)18(3)17-10)12-5-4-7-19(12)9-13(21)20-8-6-16-15(20)22/h12H,4-9H2,1-3H3,(H,16,22)/t12-/m0/s1. The number of amides is 3. The molecule has 3 rings (SSSR count). The first kappa shape index (κ1) is 15.0. The smallest absolute Gasteiger partial charge is 0.324 e. The van der Waals surface area contributed by atoms with Gasteiger partial charge < -0.3 is 5.32 Å². The number of likely N-dealkylation sites (tertiary alicyclic amines) is 1. The van der Waals surface area contributed by atoms with E-state index in [1.165, 1.54) is 10.5 Å². The molecular formula is C15H23N5O2. The first-order valence-corrected chi connectivity index (χ1v) is 7.81. The molecule has 2 aliphatic heterocycles. The van der Waals surface area contributed by atoms with Gasteiger partial charge in [-0.25, -0.2) is 4.79 Å². The highest BCUT2D eigenvalue weighted by molar-refractivity contribution is 5.96. The van der Waals surface area contributed by atoms with Crippen LogP contribution in [0.3, 0.4) is 0 Å². The summed E-state index contributed by atoms with van der Waals surface area (Å²) in [4.78, 5) is 27.5. The molecule has 3 amide bonds. The molecule has 120 valence electrons. The van der Waals surface area contributed by atoms with Crippen LogP contribution in [0.2, 0.25) is 0 Å². The molecule has 2 aliphatic rings. The average molecular weight is 305 g/mol. The number of hydrogen-bond acceptors (Lipinski definition) is 4. The lowest BCUT2D eigenvalue weighted by atomic mass is 10.0. The molecule has 22 heavy (non-hydrogen) atoms. The molecular weight excluding hydrogens is 282 g/mol. The van der Waals surface area contributed by atoms with Gasteiger partial charge in [-0.3, -0.25) is 19.3 Å². The van der Waals surface area contributed by atoms with Crippen LogP contribution >= 0.6 is 0 Å². The Labute approximate surface area is 130 Å². The third-order valence-electron chi connectivity index (χ3n) is 4.76. The molecule has 1 aromatic rings. The quantitative estimate of drug-likeness (QED) is 0.893. The van der Waals surface area contributed by atoms with Crippen molar-refractivity contribution >= 4 is 11.9 Å². The minimum atomic E-state index is -0.269. The summed E-state index contributed by atoms with van der Waals surface area (Å²) in [6.07, 6.45) is 2.10. The maximum atomic E-state index is 12.4. The Bertz CT molecular complexity index is 609. The first-order chi connectivity index (χ1) is 10.5. The van der Waals surface area contributed by atoms with Crippen molar-refractivity contribution in [2.75, 3.05) is 26.2 Å². The first-order valence-electron chi connectivity index (χ1n) is 7.81. The van der Waals surface area contributed by atoms with Crippen LogP contribution < -0.4 is 5.32 Å². The Morgan fingerprint density at radius 3 is 2.73 bits per heavy atom. The van der Waals surface area contributed by atoms with Crippen molar-refractivity contribution in [3.05, 3.63) is 17.0 Å². The molecule has 0 aromatic carbocycles. The van der Waals surface area contributed by atoms with Crippen LogP contribution in [-0.4, -0.2) is 57.7 Å². The summed E-state index contributed by atoms with van der Waals surface area (Å²) in [7, 11) is 1.95. The molecule has 7 heteroatoms. The number of rotatable bonds is 3. The summed E-state index contributed by atoms with van der Waals surface area (Å²) in [6.45, 7) is 6.30. The zero-order valence-electron chi connectivity index (χ0n) is 13.4. The third-order valence-corrected chi connectivity index (χ3v) is 4.76. The zero-order valence-corrected chi connectivity index (χ0v) is 13.4. The van der Waals surface area contributed by atoms with Crippen molar-refractivity contribution in [3.8, 4) is 0 Å². The number of aryl methyl sites for hydroxylation is 2. The Morgan fingerprint density at radius 1 is 1.36 bits per heavy atom. The molecule has 7 nitrogen and oxygen atoms in total. The Kier molecular flexibility index (Phi) is 3.90. The van der Waals surface area contributed by atoms with Crippen molar-refractivity contribution in [1.82, 2.24) is 24.9 Å². The van der Waals surface area contributed by atoms with Gasteiger partial charge in [0.15, 0.2) is 0 Å². The van der Waals surface area contributed by atoms with E-state index in [4.69, 9.17) is 0 Å². The summed E-state index contributed by atoms with van der Waals surface area (Å²) in [5, 5.41) is 7.16. The van der Waals surface area contributed by atoms with Gasteiger partial charge >= 0.3 is 6.03 Å². The van der Waals surface area contributed by atoms with E-state index in [1.54, 1.807) is 0 Å². The Balaban J connectivity index is 1.76. The summed E-state index contributed by atoms with van der Waals surface area (Å²) in [5.41, 5.74) is 3.42. The van der Waals surface area contributed by atoms with E-state index in [9.17, 15) is 9.59 Å². The van der Waals surface area contributed by atoms with Gasteiger partial charge in [-0.1, -0.05) is 0 Å². The van der Waals surface area contributed by atoms with E-state index in [1.807, 2.05) is 18.7 Å². The number of urea groups is 1. The fraction of sp³-hybridized carbons (Fsp3) is 0.667. The van der Waals surface area contributed by atoms with Gasteiger partial charge in [-0.15, -0.1) is 0 Å². The second-order valence-corrected chi connectivity index (χ2v) is 6.11. The molecule has 2 fully saturated rings. The van der Waals surface area contributed by atoms with E-state index >= 15 is 0 Å². The van der Waals surface area contributed by atoms with Crippen molar-refractivity contribution in [1.29, 1.82) is 0 Å². The second-order valence-electron chi connectivity index (χ2n) is 6.11. The molecule has 1 aromatic heterocycles. The van der Waals surface area contributed by atoms with Crippen LogP contribution in [0.4, 0.5) is 4.79 Å². The largest absolute Gasteiger partial charge is 0.336 e. The van der Waals surface area contributed by atoms with Crippen molar-refractivity contribution < 1.29 is 9.59 Å². The third kappa shape index (κ3) is 2.49. The Morgan fingerprint density at radius 2 is 2.14 bits per heavy atom. The summed E-state index contributed by atoms with van der Waals surface area (Å²) < 4.78 is 1.90. The summed E-state index contributed by atoms with van der Waals surface area (Å²) in [6, 6.07) is -0.0437. The van der Waals surface area contributed by atoms with Crippen LogP contribution in [-0.2, 0) is 11.8 Å². The average Bonchev–Trinajstić information content (AvgIpc) is 3.13. The van der Waals surface area contributed by atoms with Gasteiger partial charge in [0.25, 0.3) is 0 Å². The Hall–Kier alpha value is -1.89. The van der Waals surface area contributed by atoms with Gasteiger partial charge in [-0.05, 0) is 33.2 Å². The molecule has 1 N–H and O–H groups in total. The van der Waals surface area contributed by atoms with Crippen LogP contribution in [0.1, 0.15) is 35.8 Å². The van der Waals surface area contributed by atoms with E-state index in [0.717, 1.165) is 30.8 Å². The highest BCUT2D eigenvalue weighted by Gasteiger charge is 2.34. The normalized spacial score (nSPS) is 22.4. The molecule has 3 heterocycles. The van der Waals surface area contributed by atoms with Gasteiger partial charge in [0.2, 0.25) is 5.91 Å². The maximum absolute atomic E-state index is 12.4. The van der Waals surface area contributed by atoms with Crippen molar-refractivity contribution in [2.24, 2.45) is 7.05 Å². The van der Waals surface area contributed by atoms with E-state index < -0.39 is 0 Å². The second kappa shape index (κ2) is 5.72. The van der Waals surface area contributed by atoms with Gasteiger partial charge in [0.1, 0.15) is 0 Å². The number of nitrogens with one attached hydrogen (secondary N) is 1. The highest BCUT2D eigenvalue weighted by Crippen LogP contribution is 2.35. The molecule has 0 bridgehead atoms. The fourth-order valence-electron chi connectivity index (χ4n) is 3.58. The lowest BCUT2D eigenvalue weighted by molar-refractivity contribution is -0.129. The van der Waals surface area contributed by atoms with E-state index in [0.29, 0.717) is 19.6 Å². The zero-order chi connectivity index (χ0) is 15.9. The van der Waals surface area contributed by atoms with Gasteiger partial charge in [0, 0.05) is 37.4 Å². The molecule has 0 unspecified atom stereocenters. The minimum absolute atomic E-state index is 0.110. The number of nitrogens with zero attached hydrogens (tertiary/aromatic N) is 4. The number of aromatic nitrogens is 2. The number of imide groups is 1. The monoisotopic (exact) mass is 305 g/mol. The predicted molar refractivity (Wildman–Crippen MR) is 81.3 cm³/mol. The fourth-order valence-corrected chi connectivity index (χ4v) is 3.58. The molecule has 0 aliphatic carbocycles. The summed E-state index contributed by atoms with van der Waals surface area (Å²) in [5.74, 6) is -0.110. The molecule has 1 atom stereocenters. The lowest BCUT2D eigenvalue weighted by Gasteiger charge is -2.26. The summed E-state index contributed by atoms with van der Waals surface area (Å²) >= 11 is 0. The highest BCUT2D eigenvalue weighted by atomic mass is 16.2. The molecule has 0 saturated carbocycles. The topological polar surface area (TPSA) is 70.5 Å². The molecule has 0 radical (unpaired) electrons. The predicted octanol–water partition coefficient (Wildman–Crippen LogP) is 0.726. The minimum Gasteiger partial charge on any atom is -0.336 e. The van der Waals surface area contributed by atoms with Crippen LogP contribution in [0.25, 0.3) is 0 Å². The number of carbonyl (C=O) groups excluding carboxylic acids is 2. The van der Waals surface area contributed by atoms with E-state index in [2.05, 4.69) is 22.2 Å². The number of hydrogen-bond donors (Lipinski definition) is 1.